The van der Waals surface area contributed by atoms with Crippen LogP contribution in [0.5, 0.6) is 0 Å². The van der Waals surface area contributed by atoms with Gasteiger partial charge in [-0.25, -0.2) is 9.59 Å². The lowest BCUT2D eigenvalue weighted by Crippen LogP contribution is -2.37. The Morgan fingerprint density at radius 1 is 1.36 bits per heavy atom. The third kappa shape index (κ3) is 3.67. The van der Waals surface area contributed by atoms with E-state index in [1.807, 2.05) is 5.32 Å². The summed E-state index contributed by atoms with van der Waals surface area (Å²) in [5, 5.41) is 2.01. The standard InChI is InChI=1S/C5H8ClNO4/c1-10-4(8)3(6)7-5(9)11-2/h3H,1-2H3,(H,7,9)/t3-/m1/s1. The zero-order valence-corrected chi connectivity index (χ0v) is 6.84. The van der Waals surface area contributed by atoms with E-state index in [4.69, 9.17) is 11.6 Å². The van der Waals surface area contributed by atoms with Crippen molar-refractivity contribution in [3.05, 3.63) is 0 Å². The number of carbonyl (C=O) groups excluding carboxylic acids is 2. The van der Waals surface area contributed by atoms with Crippen molar-refractivity contribution in [2.24, 2.45) is 0 Å². The summed E-state index contributed by atoms with van der Waals surface area (Å²) in [4.78, 5) is 21.0. The van der Waals surface area contributed by atoms with E-state index in [-0.39, 0.29) is 0 Å². The molecule has 0 aliphatic carbocycles. The molecular weight excluding hydrogens is 174 g/mol. The van der Waals surface area contributed by atoms with Gasteiger partial charge in [0.2, 0.25) is 5.50 Å². The highest BCUT2D eigenvalue weighted by atomic mass is 35.5. The number of carbonyl (C=O) groups is 2. The Morgan fingerprint density at radius 2 is 1.91 bits per heavy atom. The SMILES string of the molecule is COC(=O)N[C@@H](Cl)C(=O)OC. The second-order valence-electron chi connectivity index (χ2n) is 1.52. The molecule has 0 fully saturated rings. The fourth-order valence-corrected chi connectivity index (χ4v) is 0.503. The number of methoxy groups -OCH3 is 2. The van der Waals surface area contributed by atoms with E-state index >= 15 is 0 Å². The van der Waals surface area contributed by atoms with Crippen LogP contribution in [0.3, 0.4) is 0 Å². The Bertz CT molecular complexity index is 161. The molecule has 0 bridgehead atoms. The van der Waals surface area contributed by atoms with Gasteiger partial charge in [-0.3, -0.25) is 5.32 Å². The van der Waals surface area contributed by atoms with Crippen LogP contribution in [0.1, 0.15) is 0 Å². The first kappa shape index (κ1) is 10.0. The van der Waals surface area contributed by atoms with E-state index in [9.17, 15) is 9.59 Å². The van der Waals surface area contributed by atoms with Crippen LogP contribution < -0.4 is 5.32 Å². The zero-order chi connectivity index (χ0) is 8.85. The van der Waals surface area contributed by atoms with Crippen LogP contribution in [-0.4, -0.2) is 31.8 Å². The molecule has 64 valence electrons. The highest BCUT2D eigenvalue weighted by Gasteiger charge is 2.17. The lowest BCUT2D eigenvalue weighted by molar-refractivity contribution is -0.140. The first-order valence-electron chi connectivity index (χ1n) is 2.68. The van der Waals surface area contributed by atoms with Crippen LogP contribution in [-0.2, 0) is 14.3 Å². The smallest absolute Gasteiger partial charge is 0.408 e. The van der Waals surface area contributed by atoms with Crippen LogP contribution in [0.4, 0.5) is 4.79 Å². The highest BCUT2D eigenvalue weighted by molar-refractivity contribution is 6.30. The molecule has 1 atom stereocenters. The number of amides is 1. The van der Waals surface area contributed by atoms with Gasteiger partial charge >= 0.3 is 12.1 Å². The molecule has 0 rings (SSSR count). The number of hydrogen-bond acceptors (Lipinski definition) is 4. The minimum atomic E-state index is -1.20. The first-order valence-corrected chi connectivity index (χ1v) is 3.11. The monoisotopic (exact) mass is 181 g/mol. The van der Waals surface area contributed by atoms with Crippen LogP contribution in [0.2, 0.25) is 0 Å². The maximum atomic E-state index is 10.5. The van der Waals surface area contributed by atoms with Gasteiger partial charge in [-0.2, -0.15) is 0 Å². The van der Waals surface area contributed by atoms with Crippen LogP contribution in [0, 0.1) is 0 Å². The molecule has 0 aliphatic rings. The van der Waals surface area contributed by atoms with Crippen molar-refractivity contribution >= 4 is 23.7 Å². The second-order valence-corrected chi connectivity index (χ2v) is 1.96. The normalized spacial score (nSPS) is 11.5. The van der Waals surface area contributed by atoms with E-state index in [1.54, 1.807) is 0 Å². The van der Waals surface area contributed by atoms with Gasteiger partial charge < -0.3 is 9.47 Å². The molecule has 0 spiro atoms. The zero-order valence-electron chi connectivity index (χ0n) is 6.09. The number of esters is 1. The quantitative estimate of drug-likeness (QED) is 0.372. The van der Waals surface area contributed by atoms with Crippen molar-refractivity contribution < 1.29 is 19.1 Å². The molecule has 0 radical (unpaired) electrons. The van der Waals surface area contributed by atoms with E-state index in [0.29, 0.717) is 0 Å². The average Bonchev–Trinajstić information content (AvgIpc) is 2.02. The van der Waals surface area contributed by atoms with Crippen LogP contribution >= 0.6 is 11.6 Å². The van der Waals surface area contributed by atoms with Gasteiger partial charge in [0.25, 0.3) is 0 Å². The van der Waals surface area contributed by atoms with Gasteiger partial charge in [-0.05, 0) is 0 Å². The summed E-state index contributed by atoms with van der Waals surface area (Å²) >= 11 is 5.32. The second kappa shape index (κ2) is 4.79. The largest absolute Gasteiger partial charge is 0.467 e. The summed E-state index contributed by atoms with van der Waals surface area (Å²) < 4.78 is 8.39. The summed E-state index contributed by atoms with van der Waals surface area (Å²) in [7, 11) is 2.33. The molecule has 0 saturated heterocycles. The third-order valence-corrected chi connectivity index (χ3v) is 1.13. The van der Waals surface area contributed by atoms with E-state index in [2.05, 4.69) is 9.47 Å². The first-order chi connectivity index (χ1) is 5.11. The molecule has 0 heterocycles. The molecule has 0 aliphatic heterocycles. The Balaban J connectivity index is 3.77. The maximum absolute atomic E-state index is 10.5. The van der Waals surface area contributed by atoms with Crippen molar-refractivity contribution in [2.75, 3.05) is 14.2 Å². The number of alkyl halides is 1. The summed E-state index contributed by atoms with van der Waals surface area (Å²) in [6.07, 6.45) is -0.782. The molecule has 0 aromatic rings. The van der Waals surface area contributed by atoms with Crippen molar-refractivity contribution in [1.82, 2.24) is 5.32 Å². The molecule has 11 heavy (non-hydrogen) atoms. The topological polar surface area (TPSA) is 64.6 Å². The van der Waals surface area contributed by atoms with Crippen molar-refractivity contribution in [3.63, 3.8) is 0 Å². The minimum Gasteiger partial charge on any atom is -0.467 e. The van der Waals surface area contributed by atoms with Gasteiger partial charge in [0.15, 0.2) is 0 Å². The molecule has 5 nitrogen and oxygen atoms in total. The summed E-state index contributed by atoms with van der Waals surface area (Å²) in [6, 6.07) is 0. The van der Waals surface area contributed by atoms with E-state index < -0.39 is 17.6 Å². The van der Waals surface area contributed by atoms with Gasteiger partial charge in [-0.15, -0.1) is 0 Å². The molecule has 0 unspecified atom stereocenters. The number of alkyl carbamates (subject to hydrolysis) is 1. The lowest BCUT2D eigenvalue weighted by Gasteiger charge is -2.07. The summed E-state index contributed by atoms with van der Waals surface area (Å²) in [6.45, 7) is 0. The molecule has 1 amide bonds. The van der Waals surface area contributed by atoms with Crippen molar-refractivity contribution in [1.29, 1.82) is 0 Å². The lowest BCUT2D eigenvalue weighted by atomic mass is 10.6. The number of rotatable bonds is 2. The fourth-order valence-electron chi connectivity index (χ4n) is 0.325. The van der Waals surface area contributed by atoms with Crippen LogP contribution in [0.15, 0.2) is 0 Å². The molecule has 0 aromatic carbocycles. The molecular formula is C5H8ClNO4. The summed E-state index contributed by atoms with van der Waals surface area (Å²) in [5.74, 6) is -0.739. The minimum absolute atomic E-state index is 0.739. The van der Waals surface area contributed by atoms with Crippen molar-refractivity contribution in [3.8, 4) is 0 Å². The molecule has 1 N–H and O–H groups in total. The number of ether oxygens (including phenoxy) is 2. The number of hydrogen-bond donors (Lipinski definition) is 1. The fraction of sp³-hybridized carbons (Fsp3) is 0.600. The number of halogens is 1. The predicted octanol–water partition coefficient (Wildman–Crippen LogP) is 0.0803. The Hall–Kier alpha value is -0.970. The Kier molecular flexibility index (Phi) is 4.36. The molecule has 6 heteroatoms. The van der Waals surface area contributed by atoms with E-state index in [1.165, 1.54) is 0 Å². The Labute approximate surface area is 68.6 Å². The number of nitrogens with one attached hydrogen (secondary N) is 1. The van der Waals surface area contributed by atoms with E-state index in [0.717, 1.165) is 14.2 Å². The predicted molar refractivity (Wildman–Crippen MR) is 37.2 cm³/mol. The molecule has 0 saturated carbocycles. The van der Waals surface area contributed by atoms with Crippen molar-refractivity contribution in [2.45, 2.75) is 5.50 Å². The third-order valence-electron chi connectivity index (χ3n) is 0.838. The van der Waals surface area contributed by atoms with Crippen LogP contribution in [0.25, 0.3) is 0 Å². The van der Waals surface area contributed by atoms with Gasteiger partial charge in [-0.1, -0.05) is 11.6 Å². The maximum Gasteiger partial charge on any atom is 0.408 e. The Morgan fingerprint density at radius 3 is 2.27 bits per heavy atom. The molecule has 0 aromatic heterocycles. The van der Waals surface area contributed by atoms with Gasteiger partial charge in [0.1, 0.15) is 0 Å². The average molecular weight is 182 g/mol. The summed E-state index contributed by atoms with van der Waals surface area (Å²) in [5.41, 5.74) is -1.20. The van der Waals surface area contributed by atoms with Gasteiger partial charge in [0.05, 0.1) is 14.2 Å². The van der Waals surface area contributed by atoms with Gasteiger partial charge in [0, 0.05) is 0 Å². The highest BCUT2D eigenvalue weighted by Crippen LogP contribution is 1.93.